The number of aromatic nitrogens is 1. The van der Waals surface area contributed by atoms with Crippen LogP contribution in [0.25, 0.3) is 0 Å². The molecule has 1 atom stereocenters. The minimum atomic E-state index is -1.06. The molecule has 1 unspecified atom stereocenters. The summed E-state index contributed by atoms with van der Waals surface area (Å²) in [6.45, 7) is 7.44. The molecule has 0 aliphatic rings. The van der Waals surface area contributed by atoms with E-state index in [4.69, 9.17) is 0 Å². The molecule has 3 aromatic rings. The number of hydrogen-bond donors (Lipinski definition) is 2. The number of nitrogens with zero attached hydrogens (tertiary/aromatic N) is 2. The van der Waals surface area contributed by atoms with E-state index in [-0.39, 0.29) is 18.7 Å². The molecule has 0 fully saturated rings. The number of anilines is 2. The summed E-state index contributed by atoms with van der Waals surface area (Å²) in [7, 11) is 0. The lowest BCUT2D eigenvalue weighted by Crippen LogP contribution is -2.49. The third kappa shape index (κ3) is 7.45. The van der Waals surface area contributed by atoms with Crippen LogP contribution in [-0.2, 0) is 14.4 Å². The maximum atomic E-state index is 13.7. The third-order valence-corrected chi connectivity index (χ3v) is 5.70. The number of thiazole rings is 1. The van der Waals surface area contributed by atoms with Gasteiger partial charge in [0, 0.05) is 35.6 Å². The summed E-state index contributed by atoms with van der Waals surface area (Å²) in [6.07, 6.45) is 1.36. The molecule has 0 aliphatic carbocycles. The first-order chi connectivity index (χ1) is 16.5. The Morgan fingerprint density at radius 2 is 1.69 bits per heavy atom. The Bertz CT molecular complexity index is 1160. The van der Waals surface area contributed by atoms with Crippen molar-refractivity contribution in [3.63, 3.8) is 0 Å². The van der Waals surface area contributed by atoms with Gasteiger partial charge in [-0.3, -0.25) is 19.3 Å². The van der Waals surface area contributed by atoms with Crippen LogP contribution >= 0.6 is 11.3 Å². The molecule has 0 spiro atoms. The van der Waals surface area contributed by atoms with Gasteiger partial charge in [0.15, 0.2) is 5.13 Å². The Morgan fingerprint density at radius 1 is 1.03 bits per heavy atom. The van der Waals surface area contributed by atoms with Crippen molar-refractivity contribution in [2.24, 2.45) is 0 Å². The topological polar surface area (TPSA) is 91.4 Å². The van der Waals surface area contributed by atoms with Gasteiger partial charge < -0.3 is 10.6 Å². The van der Waals surface area contributed by atoms with Gasteiger partial charge in [-0.1, -0.05) is 29.8 Å². The molecule has 2 aromatic carbocycles. The van der Waals surface area contributed by atoms with Crippen molar-refractivity contribution in [1.82, 2.24) is 10.3 Å². The van der Waals surface area contributed by atoms with Crippen molar-refractivity contribution in [3.05, 3.63) is 77.1 Å². The number of rotatable bonds is 8. The first-order valence-corrected chi connectivity index (χ1v) is 12.1. The molecule has 0 saturated carbocycles. The number of carbonyl (C=O) groups excluding carboxylic acids is 3. The molecular weight excluding hydrogens is 467 g/mol. The normalized spacial score (nSPS) is 12.0. The van der Waals surface area contributed by atoms with E-state index in [1.165, 1.54) is 40.5 Å². The van der Waals surface area contributed by atoms with E-state index in [9.17, 15) is 18.8 Å². The number of amides is 3. The van der Waals surface area contributed by atoms with E-state index in [1.54, 1.807) is 23.7 Å². The third-order valence-electron chi connectivity index (χ3n) is 5.02. The highest BCUT2D eigenvalue weighted by molar-refractivity contribution is 7.13. The van der Waals surface area contributed by atoms with Gasteiger partial charge in [0.1, 0.15) is 11.9 Å². The minimum absolute atomic E-state index is 0.0855. The Morgan fingerprint density at radius 3 is 2.26 bits per heavy atom. The lowest BCUT2D eigenvalue weighted by atomic mass is 10.00. The van der Waals surface area contributed by atoms with E-state index in [0.29, 0.717) is 16.4 Å². The van der Waals surface area contributed by atoms with E-state index in [1.807, 2.05) is 39.8 Å². The molecule has 9 heteroatoms. The number of aryl methyl sites for hydroxylation is 1. The summed E-state index contributed by atoms with van der Waals surface area (Å²) in [5.41, 5.74) is 1.38. The molecular formula is C26H29FN4O3S. The van der Waals surface area contributed by atoms with Gasteiger partial charge >= 0.3 is 0 Å². The Kier molecular flexibility index (Phi) is 8.34. The van der Waals surface area contributed by atoms with Gasteiger partial charge in [0.25, 0.3) is 0 Å². The lowest BCUT2D eigenvalue weighted by molar-refractivity contribution is -0.128. The second kappa shape index (κ2) is 11.2. The Labute approximate surface area is 208 Å². The minimum Gasteiger partial charge on any atom is -0.349 e. The number of halogens is 1. The highest BCUT2D eigenvalue weighted by Gasteiger charge is 2.34. The zero-order valence-electron chi connectivity index (χ0n) is 20.2. The van der Waals surface area contributed by atoms with Crippen molar-refractivity contribution in [1.29, 1.82) is 0 Å². The fraction of sp³-hybridized carbons (Fsp3) is 0.308. The SMILES string of the molecule is Cc1ccc(N(C(=O)CCC(=O)Nc2nccs2)C(C(=O)NC(C)(C)C)c2ccc(F)cc2)cc1. The maximum absolute atomic E-state index is 13.7. The maximum Gasteiger partial charge on any atom is 0.248 e. The summed E-state index contributed by atoms with van der Waals surface area (Å²) in [5, 5.41) is 7.78. The predicted octanol–water partition coefficient (Wildman–Crippen LogP) is 5.00. The molecule has 3 rings (SSSR count). The molecule has 2 N–H and O–H groups in total. The quantitative estimate of drug-likeness (QED) is 0.459. The van der Waals surface area contributed by atoms with Crippen LogP contribution < -0.4 is 15.5 Å². The number of hydrogen-bond acceptors (Lipinski definition) is 5. The van der Waals surface area contributed by atoms with Gasteiger partial charge in [-0.25, -0.2) is 9.37 Å². The van der Waals surface area contributed by atoms with Crippen molar-refractivity contribution in [2.75, 3.05) is 10.2 Å². The van der Waals surface area contributed by atoms with Crippen molar-refractivity contribution < 1.29 is 18.8 Å². The summed E-state index contributed by atoms with van der Waals surface area (Å²) in [5.74, 6) is -1.63. The first kappa shape index (κ1) is 26.0. The zero-order valence-corrected chi connectivity index (χ0v) is 21.0. The molecule has 0 bridgehead atoms. The van der Waals surface area contributed by atoms with Gasteiger partial charge in [-0.05, 0) is 57.5 Å². The fourth-order valence-electron chi connectivity index (χ4n) is 3.45. The second-order valence-electron chi connectivity index (χ2n) is 9.18. The van der Waals surface area contributed by atoms with Crippen LogP contribution in [0.2, 0.25) is 0 Å². The molecule has 0 saturated heterocycles. The molecule has 35 heavy (non-hydrogen) atoms. The summed E-state index contributed by atoms with van der Waals surface area (Å²) >= 11 is 1.28. The van der Waals surface area contributed by atoms with Crippen molar-refractivity contribution in [3.8, 4) is 0 Å². The van der Waals surface area contributed by atoms with Gasteiger partial charge in [0.05, 0.1) is 0 Å². The Balaban J connectivity index is 1.95. The summed E-state index contributed by atoms with van der Waals surface area (Å²) < 4.78 is 13.7. The molecule has 184 valence electrons. The molecule has 3 amide bonds. The van der Waals surface area contributed by atoms with Gasteiger partial charge in [-0.2, -0.15) is 0 Å². The van der Waals surface area contributed by atoms with E-state index >= 15 is 0 Å². The van der Waals surface area contributed by atoms with E-state index < -0.39 is 29.2 Å². The molecule has 1 aromatic heterocycles. The average molecular weight is 497 g/mol. The Hall–Kier alpha value is -3.59. The van der Waals surface area contributed by atoms with Crippen LogP contribution in [-0.4, -0.2) is 28.2 Å². The number of carbonyl (C=O) groups is 3. The van der Waals surface area contributed by atoms with Crippen molar-refractivity contribution in [2.45, 2.75) is 52.1 Å². The lowest BCUT2D eigenvalue weighted by Gasteiger charge is -2.34. The van der Waals surface area contributed by atoms with Crippen LogP contribution in [0.1, 0.15) is 50.8 Å². The molecule has 0 radical (unpaired) electrons. The smallest absolute Gasteiger partial charge is 0.248 e. The second-order valence-corrected chi connectivity index (χ2v) is 10.1. The van der Waals surface area contributed by atoms with E-state index in [0.717, 1.165) is 5.56 Å². The predicted molar refractivity (Wildman–Crippen MR) is 136 cm³/mol. The standard InChI is InChI=1S/C26H29FN4O3S/c1-17-5-11-20(12-6-17)31(22(33)14-13-21(32)29-25-28-15-16-35-25)23(24(34)30-26(2,3)4)18-7-9-19(27)10-8-18/h5-12,15-16,23H,13-14H2,1-4H3,(H,30,34)(H,28,29,32). The number of nitrogens with one attached hydrogen (secondary N) is 2. The monoisotopic (exact) mass is 496 g/mol. The van der Waals surface area contributed by atoms with Crippen LogP contribution in [0.15, 0.2) is 60.1 Å². The van der Waals surface area contributed by atoms with Crippen LogP contribution in [0.3, 0.4) is 0 Å². The highest BCUT2D eigenvalue weighted by atomic mass is 32.1. The van der Waals surface area contributed by atoms with E-state index in [2.05, 4.69) is 15.6 Å². The van der Waals surface area contributed by atoms with Crippen LogP contribution in [0, 0.1) is 12.7 Å². The van der Waals surface area contributed by atoms with Crippen LogP contribution in [0.4, 0.5) is 15.2 Å². The molecule has 0 aliphatic heterocycles. The fourth-order valence-corrected chi connectivity index (χ4v) is 4.00. The zero-order chi connectivity index (χ0) is 25.6. The molecule has 7 nitrogen and oxygen atoms in total. The summed E-state index contributed by atoms with van der Waals surface area (Å²) in [4.78, 5) is 44.8. The highest BCUT2D eigenvalue weighted by Crippen LogP contribution is 2.30. The van der Waals surface area contributed by atoms with Crippen LogP contribution in [0.5, 0.6) is 0 Å². The molecule has 1 heterocycles. The first-order valence-electron chi connectivity index (χ1n) is 11.2. The van der Waals surface area contributed by atoms with Gasteiger partial charge in [-0.15, -0.1) is 11.3 Å². The van der Waals surface area contributed by atoms with Crippen molar-refractivity contribution >= 4 is 39.9 Å². The largest absolute Gasteiger partial charge is 0.349 e. The number of benzene rings is 2. The van der Waals surface area contributed by atoms with Gasteiger partial charge in [0.2, 0.25) is 17.7 Å². The summed E-state index contributed by atoms with van der Waals surface area (Å²) in [6, 6.07) is 11.6. The average Bonchev–Trinajstić information content (AvgIpc) is 3.29.